The SMILES string of the molecule is CN(C)c1ccc(C(=Nc2nc3ccccc3nc2Cl)N(B(F)F)c2ccc(N(C)C)cc2)cc1. The zero-order valence-electron chi connectivity index (χ0n) is 19.8. The van der Waals surface area contributed by atoms with Crippen molar-refractivity contribution < 1.29 is 8.63 Å². The van der Waals surface area contributed by atoms with Crippen LogP contribution >= 0.6 is 11.6 Å². The van der Waals surface area contributed by atoms with Crippen LogP contribution in [0.2, 0.25) is 5.15 Å². The third kappa shape index (κ3) is 5.35. The van der Waals surface area contributed by atoms with E-state index in [2.05, 4.69) is 15.0 Å². The molecule has 0 saturated carbocycles. The zero-order chi connectivity index (χ0) is 25.1. The molecule has 1 heterocycles. The molecule has 0 unspecified atom stereocenters. The van der Waals surface area contributed by atoms with Crippen molar-refractivity contribution in [1.82, 2.24) is 9.97 Å². The van der Waals surface area contributed by atoms with Crippen molar-refractivity contribution in [2.24, 2.45) is 4.99 Å². The zero-order valence-corrected chi connectivity index (χ0v) is 20.6. The van der Waals surface area contributed by atoms with Crippen LogP contribution in [0.1, 0.15) is 5.56 Å². The van der Waals surface area contributed by atoms with Crippen LogP contribution in [-0.4, -0.2) is 51.4 Å². The molecular formula is C25H24BClF2N6. The van der Waals surface area contributed by atoms with Crippen molar-refractivity contribution in [2.75, 3.05) is 42.8 Å². The van der Waals surface area contributed by atoms with Crippen LogP contribution in [-0.2, 0) is 0 Å². The third-order valence-electron chi connectivity index (χ3n) is 5.43. The standard InChI is InChI=1S/C25H24BClF2N6/c1-33(2)18-11-9-17(10-12-18)25(32-24-23(27)30-21-7-5-6-8-22(21)31-24)35(26(28)29)20-15-13-19(14-16-20)34(3)4/h5-16H,1-4H3. The lowest BCUT2D eigenvalue weighted by atomic mass is 10.0. The molecule has 0 aliphatic carbocycles. The second kappa shape index (κ2) is 10.3. The van der Waals surface area contributed by atoms with Gasteiger partial charge in [-0.15, -0.1) is 0 Å². The lowest BCUT2D eigenvalue weighted by Crippen LogP contribution is -2.39. The van der Waals surface area contributed by atoms with Gasteiger partial charge in [-0.3, -0.25) is 8.63 Å². The Balaban J connectivity index is 1.90. The van der Waals surface area contributed by atoms with E-state index >= 15 is 0 Å². The summed E-state index contributed by atoms with van der Waals surface area (Å²) in [5.74, 6) is 0.0713. The minimum absolute atomic E-state index is 0.00869. The number of anilines is 3. The fourth-order valence-electron chi connectivity index (χ4n) is 3.55. The van der Waals surface area contributed by atoms with Crippen LogP contribution in [0.5, 0.6) is 0 Å². The quantitative estimate of drug-likeness (QED) is 0.190. The first-order chi connectivity index (χ1) is 16.7. The van der Waals surface area contributed by atoms with Crippen molar-refractivity contribution in [1.29, 1.82) is 0 Å². The Morgan fingerprint density at radius 1 is 0.743 bits per heavy atom. The molecule has 4 rings (SSSR count). The first kappa shape index (κ1) is 24.4. The normalized spacial score (nSPS) is 11.5. The lowest BCUT2D eigenvalue weighted by molar-refractivity contribution is 0.659. The Bertz CT molecular complexity index is 1340. The van der Waals surface area contributed by atoms with Crippen molar-refractivity contribution in [3.05, 3.63) is 83.5 Å². The highest BCUT2D eigenvalue weighted by atomic mass is 35.5. The summed E-state index contributed by atoms with van der Waals surface area (Å²) in [4.78, 5) is 18.1. The molecule has 0 N–H and O–H groups in total. The average molecular weight is 493 g/mol. The van der Waals surface area contributed by atoms with Crippen molar-refractivity contribution in [2.45, 2.75) is 0 Å². The molecule has 0 atom stereocenters. The Hall–Kier alpha value is -3.72. The van der Waals surface area contributed by atoms with E-state index < -0.39 is 7.40 Å². The Kier molecular flexibility index (Phi) is 7.16. The first-order valence-corrected chi connectivity index (χ1v) is 11.3. The molecule has 0 bridgehead atoms. The van der Waals surface area contributed by atoms with Crippen molar-refractivity contribution >= 4 is 58.8 Å². The van der Waals surface area contributed by atoms with Gasteiger partial charge in [-0.25, -0.2) is 15.0 Å². The van der Waals surface area contributed by atoms with Gasteiger partial charge in [0.2, 0.25) is 0 Å². The molecule has 178 valence electrons. The highest BCUT2D eigenvalue weighted by molar-refractivity contribution is 6.56. The predicted octanol–water partition coefficient (Wildman–Crippen LogP) is 5.92. The molecule has 1 aromatic heterocycles. The fraction of sp³-hybridized carbons (Fsp3) is 0.160. The number of hydrogen-bond acceptors (Lipinski definition) is 5. The molecule has 0 radical (unpaired) electrons. The van der Waals surface area contributed by atoms with Crippen LogP contribution in [0.3, 0.4) is 0 Å². The van der Waals surface area contributed by atoms with E-state index in [-0.39, 0.29) is 22.5 Å². The molecule has 0 aliphatic rings. The Labute approximate surface area is 208 Å². The molecule has 0 fully saturated rings. The maximum atomic E-state index is 14.6. The molecule has 0 saturated heterocycles. The molecular weight excluding hydrogens is 469 g/mol. The van der Waals surface area contributed by atoms with Gasteiger partial charge in [0.05, 0.1) is 11.0 Å². The van der Waals surface area contributed by atoms with E-state index in [9.17, 15) is 8.63 Å². The number of benzene rings is 3. The van der Waals surface area contributed by atoms with E-state index in [0.717, 1.165) is 16.2 Å². The summed E-state index contributed by atoms with van der Waals surface area (Å²) in [5, 5.41) is 0.0308. The van der Waals surface area contributed by atoms with Gasteiger partial charge in [-0.2, -0.15) is 0 Å². The Morgan fingerprint density at radius 2 is 1.23 bits per heavy atom. The number of halogens is 3. The van der Waals surface area contributed by atoms with Gasteiger partial charge in [0.1, 0.15) is 5.84 Å². The molecule has 0 aliphatic heterocycles. The van der Waals surface area contributed by atoms with Crippen LogP contribution < -0.4 is 14.6 Å². The maximum Gasteiger partial charge on any atom is 0.679 e. The summed E-state index contributed by atoms with van der Waals surface area (Å²) < 4.78 is 29.2. The monoisotopic (exact) mass is 492 g/mol. The van der Waals surface area contributed by atoms with E-state index in [1.165, 1.54) is 0 Å². The van der Waals surface area contributed by atoms with Crippen LogP contribution in [0.15, 0.2) is 77.8 Å². The highest BCUT2D eigenvalue weighted by Gasteiger charge is 2.32. The number of rotatable bonds is 6. The average Bonchev–Trinajstić information content (AvgIpc) is 2.84. The number of aliphatic imine (C=N–C) groups is 1. The maximum absolute atomic E-state index is 14.6. The summed E-state index contributed by atoms with van der Waals surface area (Å²) in [6.07, 6.45) is 0. The van der Waals surface area contributed by atoms with Gasteiger partial charge in [-0.05, 0) is 60.7 Å². The second-order valence-corrected chi connectivity index (χ2v) is 8.62. The van der Waals surface area contributed by atoms with Crippen molar-refractivity contribution in [3.63, 3.8) is 0 Å². The third-order valence-corrected chi connectivity index (χ3v) is 5.69. The summed E-state index contributed by atoms with van der Waals surface area (Å²) in [6.45, 7) is 0. The van der Waals surface area contributed by atoms with E-state index in [0.29, 0.717) is 16.6 Å². The minimum atomic E-state index is -2.88. The van der Waals surface area contributed by atoms with Gasteiger partial charge in [-0.1, -0.05) is 23.7 Å². The number of para-hydroxylation sites is 2. The fourth-order valence-corrected chi connectivity index (χ4v) is 3.72. The molecule has 0 amide bonds. The summed E-state index contributed by atoms with van der Waals surface area (Å²) in [7, 11) is 4.72. The topological polar surface area (TPSA) is 47.9 Å². The predicted molar refractivity (Wildman–Crippen MR) is 143 cm³/mol. The van der Waals surface area contributed by atoms with Gasteiger partial charge >= 0.3 is 7.40 Å². The van der Waals surface area contributed by atoms with Crippen LogP contribution in [0, 0.1) is 0 Å². The summed E-state index contributed by atoms with van der Waals surface area (Å²) in [5.41, 5.74) is 3.75. The molecule has 3 aromatic carbocycles. The highest BCUT2D eigenvalue weighted by Crippen LogP contribution is 2.29. The smallest absolute Gasteiger partial charge is 0.378 e. The van der Waals surface area contributed by atoms with E-state index in [1.54, 1.807) is 48.5 Å². The Morgan fingerprint density at radius 3 is 1.74 bits per heavy atom. The largest absolute Gasteiger partial charge is 0.679 e. The number of hydrogen-bond donors (Lipinski definition) is 0. The van der Waals surface area contributed by atoms with Gasteiger partial charge in [0.25, 0.3) is 0 Å². The van der Waals surface area contributed by atoms with E-state index in [4.69, 9.17) is 11.6 Å². The molecule has 10 heteroatoms. The van der Waals surface area contributed by atoms with Gasteiger partial charge in [0, 0.05) is 50.8 Å². The summed E-state index contributed by atoms with van der Waals surface area (Å²) >= 11 is 6.39. The molecule has 6 nitrogen and oxygen atoms in total. The van der Waals surface area contributed by atoms with Gasteiger partial charge in [0.15, 0.2) is 11.0 Å². The molecule has 0 spiro atoms. The van der Waals surface area contributed by atoms with Crippen LogP contribution in [0.4, 0.5) is 31.5 Å². The van der Waals surface area contributed by atoms with Crippen LogP contribution in [0.25, 0.3) is 11.0 Å². The minimum Gasteiger partial charge on any atom is -0.378 e. The number of fused-ring (bicyclic) bond motifs is 1. The number of amidine groups is 1. The molecule has 4 aromatic rings. The molecule has 35 heavy (non-hydrogen) atoms. The lowest BCUT2D eigenvalue weighted by Gasteiger charge is -2.25. The first-order valence-electron chi connectivity index (χ1n) is 10.9. The number of aromatic nitrogens is 2. The second-order valence-electron chi connectivity index (χ2n) is 8.26. The van der Waals surface area contributed by atoms with Gasteiger partial charge < -0.3 is 14.6 Å². The van der Waals surface area contributed by atoms with Crippen molar-refractivity contribution in [3.8, 4) is 0 Å². The van der Waals surface area contributed by atoms with E-state index in [1.807, 2.05) is 62.3 Å². The number of nitrogens with zero attached hydrogens (tertiary/aromatic N) is 6. The summed E-state index contributed by atoms with van der Waals surface area (Å²) in [6, 6.07) is 21.2.